The summed E-state index contributed by atoms with van der Waals surface area (Å²) in [5.74, 6) is 0.927. The van der Waals surface area contributed by atoms with E-state index < -0.39 is 15.8 Å². The van der Waals surface area contributed by atoms with Crippen LogP contribution in [0.2, 0.25) is 0 Å². The van der Waals surface area contributed by atoms with E-state index in [0.29, 0.717) is 37.6 Å². The number of benzene rings is 1. The average Bonchev–Trinajstić information content (AvgIpc) is 3.14. The molecule has 1 fully saturated rings. The molecule has 0 aliphatic carbocycles. The number of hydrogen-bond acceptors (Lipinski definition) is 6. The van der Waals surface area contributed by atoms with Crippen molar-refractivity contribution in [1.29, 1.82) is 0 Å². The zero-order valence-corrected chi connectivity index (χ0v) is 17.0. The molecule has 0 amide bonds. The van der Waals surface area contributed by atoms with Gasteiger partial charge in [-0.15, -0.1) is 0 Å². The second-order valence-corrected chi connectivity index (χ2v) is 8.84. The monoisotopic (exact) mass is 416 g/mol. The molecular weight excluding hydrogens is 395 g/mol. The summed E-state index contributed by atoms with van der Waals surface area (Å²) < 4.78 is 42.4. The fourth-order valence-electron chi connectivity index (χ4n) is 3.38. The Morgan fingerprint density at radius 1 is 0.966 bits per heavy atom. The first-order chi connectivity index (χ1) is 13.8. The fraction of sp³-hybridized carbons (Fsp3) is 0.316. The number of aryl methyl sites for hydroxylation is 2. The van der Waals surface area contributed by atoms with Crippen LogP contribution in [-0.4, -0.2) is 58.7 Å². The quantitative estimate of drug-likeness (QED) is 0.646. The zero-order valence-electron chi connectivity index (χ0n) is 16.2. The van der Waals surface area contributed by atoms with Crippen LogP contribution in [0.5, 0.6) is 0 Å². The Morgan fingerprint density at radius 3 is 2.34 bits per heavy atom. The van der Waals surface area contributed by atoms with Crippen LogP contribution in [0.25, 0.3) is 5.82 Å². The first kappa shape index (κ1) is 19.5. The van der Waals surface area contributed by atoms with E-state index in [-0.39, 0.29) is 4.90 Å². The lowest BCUT2D eigenvalue weighted by molar-refractivity contribution is 0.383. The number of hydrogen-bond donors (Lipinski definition) is 0. The van der Waals surface area contributed by atoms with Gasteiger partial charge in [-0.25, -0.2) is 27.5 Å². The van der Waals surface area contributed by atoms with E-state index >= 15 is 0 Å². The summed E-state index contributed by atoms with van der Waals surface area (Å²) in [4.78, 5) is 10.7. The van der Waals surface area contributed by atoms with E-state index in [0.717, 1.165) is 11.5 Å². The third-order valence-corrected chi connectivity index (χ3v) is 6.97. The first-order valence-electron chi connectivity index (χ1n) is 9.20. The molecule has 0 unspecified atom stereocenters. The van der Waals surface area contributed by atoms with Gasteiger partial charge in [-0.2, -0.15) is 9.40 Å². The standard InChI is InChI=1S/C19H21FN6O2S/c1-14-11-16(20)3-4-17(14)29(27,28)25-9-7-24(8-10-25)18-12-19(22-13-21-18)26-6-5-15(2)23-26/h3-6,11-13H,7-10H2,1-2H3. The van der Waals surface area contributed by atoms with Crippen molar-refractivity contribution in [1.82, 2.24) is 24.1 Å². The minimum Gasteiger partial charge on any atom is -0.354 e. The molecule has 0 atom stereocenters. The number of rotatable bonds is 4. The van der Waals surface area contributed by atoms with Crippen LogP contribution in [0.4, 0.5) is 10.2 Å². The third-order valence-electron chi connectivity index (χ3n) is 4.91. The average molecular weight is 416 g/mol. The van der Waals surface area contributed by atoms with Crippen molar-refractivity contribution in [3.63, 3.8) is 0 Å². The van der Waals surface area contributed by atoms with Crippen LogP contribution >= 0.6 is 0 Å². The van der Waals surface area contributed by atoms with Gasteiger partial charge in [0.2, 0.25) is 10.0 Å². The van der Waals surface area contributed by atoms with E-state index in [1.165, 1.54) is 28.8 Å². The lowest BCUT2D eigenvalue weighted by Gasteiger charge is -2.34. The molecule has 0 N–H and O–H groups in total. The van der Waals surface area contributed by atoms with Gasteiger partial charge in [0.15, 0.2) is 5.82 Å². The van der Waals surface area contributed by atoms with E-state index in [1.54, 1.807) is 11.6 Å². The van der Waals surface area contributed by atoms with E-state index in [9.17, 15) is 12.8 Å². The molecule has 3 heterocycles. The Balaban J connectivity index is 1.50. The number of aromatic nitrogens is 4. The Labute approximate surface area is 168 Å². The van der Waals surface area contributed by atoms with E-state index in [1.807, 2.05) is 30.2 Å². The Morgan fingerprint density at radius 2 is 1.69 bits per heavy atom. The summed E-state index contributed by atoms with van der Waals surface area (Å²) in [6.07, 6.45) is 3.31. The summed E-state index contributed by atoms with van der Waals surface area (Å²) in [7, 11) is -3.67. The highest BCUT2D eigenvalue weighted by molar-refractivity contribution is 7.89. The maximum absolute atomic E-state index is 13.3. The number of halogens is 1. The van der Waals surface area contributed by atoms with Crippen LogP contribution in [0.3, 0.4) is 0 Å². The van der Waals surface area contributed by atoms with Crippen molar-refractivity contribution in [2.45, 2.75) is 18.7 Å². The zero-order chi connectivity index (χ0) is 20.6. The van der Waals surface area contributed by atoms with Crippen molar-refractivity contribution >= 4 is 15.8 Å². The molecule has 29 heavy (non-hydrogen) atoms. The minimum absolute atomic E-state index is 0.144. The molecule has 0 spiro atoms. The molecule has 1 saturated heterocycles. The van der Waals surface area contributed by atoms with Crippen LogP contribution in [-0.2, 0) is 10.0 Å². The number of piperazine rings is 1. The van der Waals surface area contributed by atoms with E-state index in [2.05, 4.69) is 15.1 Å². The summed E-state index contributed by atoms with van der Waals surface area (Å²) in [5.41, 5.74) is 1.29. The van der Waals surface area contributed by atoms with Gasteiger partial charge in [0.1, 0.15) is 18.0 Å². The lowest BCUT2D eigenvalue weighted by Crippen LogP contribution is -2.49. The smallest absolute Gasteiger partial charge is 0.243 e. The maximum Gasteiger partial charge on any atom is 0.243 e. The summed E-state index contributed by atoms with van der Waals surface area (Å²) >= 11 is 0. The van der Waals surface area contributed by atoms with Gasteiger partial charge < -0.3 is 4.90 Å². The molecule has 4 rings (SSSR count). The molecule has 1 aliphatic rings. The predicted octanol–water partition coefficient (Wildman–Crippen LogP) is 1.93. The van der Waals surface area contributed by atoms with Gasteiger partial charge in [0, 0.05) is 38.4 Å². The molecular formula is C19H21FN6O2S. The Hall–Kier alpha value is -2.85. The largest absolute Gasteiger partial charge is 0.354 e. The normalized spacial score (nSPS) is 15.6. The molecule has 1 aromatic carbocycles. The van der Waals surface area contributed by atoms with Crippen molar-refractivity contribution < 1.29 is 12.8 Å². The van der Waals surface area contributed by atoms with Crippen LogP contribution in [0.1, 0.15) is 11.3 Å². The molecule has 0 bridgehead atoms. The molecule has 1 aliphatic heterocycles. The van der Waals surface area contributed by atoms with E-state index in [4.69, 9.17) is 0 Å². The van der Waals surface area contributed by atoms with Gasteiger partial charge >= 0.3 is 0 Å². The van der Waals surface area contributed by atoms with Crippen LogP contribution < -0.4 is 4.90 Å². The van der Waals surface area contributed by atoms with Crippen molar-refractivity contribution in [2.24, 2.45) is 0 Å². The molecule has 3 aromatic rings. The van der Waals surface area contributed by atoms with Gasteiger partial charge in [0.05, 0.1) is 10.6 Å². The van der Waals surface area contributed by atoms with Crippen molar-refractivity contribution in [2.75, 3.05) is 31.1 Å². The Bertz CT molecular complexity index is 1140. The summed E-state index contributed by atoms with van der Waals surface area (Å²) in [6.45, 7) is 5.13. The molecule has 0 saturated carbocycles. The van der Waals surface area contributed by atoms with Crippen LogP contribution in [0, 0.1) is 19.7 Å². The molecule has 8 nitrogen and oxygen atoms in total. The maximum atomic E-state index is 13.3. The molecule has 10 heteroatoms. The number of sulfonamides is 1. The lowest BCUT2D eigenvalue weighted by atomic mass is 10.2. The van der Waals surface area contributed by atoms with Gasteiger partial charge in [-0.3, -0.25) is 0 Å². The van der Waals surface area contributed by atoms with Gasteiger partial charge in [-0.1, -0.05) is 0 Å². The van der Waals surface area contributed by atoms with Gasteiger partial charge in [-0.05, 0) is 43.7 Å². The SMILES string of the molecule is Cc1ccn(-c2cc(N3CCN(S(=O)(=O)c4ccc(F)cc4C)CC3)ncn2)n1. The second kappa shape index (κ2) is 7.53. The number of nitrogens with zero attached hydrogens (tertiary/aromatic N) is 6. The summed E-state index contributed by atoms with van der Waals surface area (Å²) in [6, 6.07) is 7.47. The third kappa shape index (κ3) is 3.85. The first-order valence-corrected chi connectivity index (χ1v) is 10.6. The highest BCUT2D eigenvalue weighted by Gasteiger charge is 2.30. The highest BCUT2D eigenvalue weighted by atomic mass is 32.2. The topological polar surface area (TPSA) is 84.2 Å². The minimum atomic E-state index is -3.67. The molecule has 152 valence electrons. The van der Waals surface area contributed by atoms with Gasteiger partial charge in [0.25, 0.3) is 0 Å². The second-order valence-electron chi connectivity index (χ2n) is 6.94. The summed E-state index contributed by atoms with van der Waals surface area (Å²) in [5, 5.41) is 4.35. The molecule has 2 aromatic heterocycles. The molecule has 0 radical (unpaired) electrons. The predicted molar refractivity (Wildman–Crippen MR) is 106 cm³/mol. The van der Waals surface area contributed by atoms with Crippen molar-refractivity contribution in [3.05, 3.63) is 59.9 Å². The van der Waals surface area contributed by atoms with Crippen molar-refractivity contribution in [3.8, 4) is 5.82 Å². The fourth-order valence-corrected chi connectivity index (χ4v) is 5.00. The Kier molecular flexibility index (Phi) is 5.05. The number of anilines is 1. The highest BCUT2D eigenvalue weighted by Crippen LogP contribution is 2.23. The van der Waals surface area contributed by atoms with Crippen LogP contribution in [0.15, 0.2) is 47.8 Å².